The van der Waals surface area contributed by atoms with Crippen molar-refractivity contribution in [3.63, 3.8) is 0 Å². The minimum absolute atomic E-state index is 0.0879. The van der Waals surface area contributed by atoms with Gasteiger partial charge in [0, 0.05) is 13.7 Å². The number of amides is 1. The molecular formula is C12H14BrIN2O. The Bertz CT molecular complexity index is 435. The summed E-state index contributed by atoms with van der Waals surface area (Å²) in [5.41, 5.74) is 6.65. The molecule has 0 spiro atoms. The van der Waals surface area contributed by atoms with Gasteiger partial charge in [-0.2, -0.15) is 0 Å². The third-order valence-corrected chi connectivity index (χ3v) is 5.13. The number of benzene rings is 1. The van der Waals surface area contributed by atoms with E-state index in [-0.39, 0.29) is 11.9 Å². The molecule has 0 unspecified atom stereocenters. The first-order chi connectivity index (χ1) is 8.06. The number of carbonyl (C=O) groups is 1. The van der Waals surface area contributed by atoms with Crippen molar-refractivity contribution in [3.8, 4) is 0 Å². The highest BCUT2D eigenvalue weighted by Crippen LogP contribution is 2.33. The van der Waals surface area contributed by atoms with Crippen LogP contribution in [0.1, 0.15) is 19.3 Å². The molecule has 0 bridgehead atoms. The Morgan fingerprint density at radius 1 is 1.59 bits per heavy atom. The normalized spacial score (nSPS) is 16.6. The molecule has 0 heterocycles. The molecule has 0 radical (unpaired) electrons. The van der Waals surface area contributed by atoms with Crippen molar-refractivity contribution in [3.05, 3.63) is 26.2 Å². The van der Waals surface area contributed by atoms with Crippen LogP contribution in [0.2, 0.25) is 0 Å². The van der Waals surface area contributed by atoms with Gasteiger partial charge in [0.2, 0.25) is 5.91 Å². The molecule has 1 aliphatic rings. The van der Waals surface area contributed by atoms with Crippen molar-refractivity contribution in [2.45, 2.75) is 25.3 Å². The summed E-state index contributed by atoms with van der Waals surface area (Å²) in [6.45, 7) is 0. The van der Waals surface area contributed by atoms with Gasteiger partial charge in [-0.05, 0) is 69.1 Å². The molecule has 1 aromatic rings. The van der Waals surface area contributed by atoms with E-state index in [1.54, 1.807) is 0 Å². The summed E-state index contributed by atoms with van der Waals surface area (Å²) in [6.07, 6.45) is 3.24. The number of hydrogen-bond donors (Lipinski definition) is 2. The zero-order chi connectivity index (χ0) is 12.4. The van der Waals surface area contributed by atoms with Crippen molar-refractivity contribution < 1.29 is 4.79 Å². The van der Waals surface area contributed by atoms with E-state index in [1.165, 1.54) is 12.8 Å². The van der Waals surface area contributed by atoms with E-state index in [0.717, 1.165) is 20.2 Å². The van der Waals surface area contributed by atoms with Gasteiger partial charge in [0.05, 0.1) is 6.04 Å². The summed E-state index contributed by atoms with van der Waals surface area (Å²) in [5, 5.41) is 2.85. The molecule has 2 rings (SSSR count). The van der Waals surface area contributed by atoms with Crippen molar-refractivity contribution in [2.75, 3.05) is 5.32 Å². The second-order valence-corrected chi connectivity index (χ2v) is 6.42. The Kier molecular flexibility index (Phi) is 4.43. The summed E-state index contributed by atoms with van der Waals surface area (Å²) >= 11 is 5.64. The van der Waals surface area contributed by atoms with Crippen molar-refractivity contribution in [1.29, 1.82) is 0 Å². The van der Waals surface area contributed by atoms with Crippen molar-refractivity contribution >= 4 is 50.1 Å². The van der Waals surface area contributed by atoms with Gasteiger partial charge in [-0.3, -0.25) is 4.79 Å². The van der Waals surface area contributed by atoms with E-state index in [2.05, 4.69) is 43.8 Å². The Hall–Kier alpha value is -0.140. The van der Waals surface area contributed by atoms with Crippen LogP contribution in [0.15, 0.2) is 22.7 Å². The number of carbonyl (C=O) groups excluding carboxylic acids is 1. The Morgan fingerprint density at radius 2 is 2.29 bits per heavy atom. The lowest BCUT2D eigenvalue weighted by Crippen LogP contribution is -2.36. The average molecular weight is 409 g/mol. The number of nitrogens with two attached hydrogens (primary N) is 1. The van der Waals surface area contributed by atoms with Crippen LogP contribution in [0.4, 0.5) is 5.69 Å². The standard InChI is InChI=1S/C12H14BrIN2O/c13-9-4-3-8(6-10(9)14)16-12(17)11(15)5-7-1-2-7/h3-4,6-7,11H,1-2,5,15H2,(H,16,17)/t11-/m0/s1. The number of anilines is 1. The zero-order valence-electron chi connectivity index (χ0n) is 9.25. The minimum atomic E-state index is -0.385. The second-order valence-electron chi connectivity index (χ2n) is 4.40. The fourth-order valence-electron chi connectivity index (χ4n) is 1.63. The summed E-state index contributed by atoms with van der Waals surface area (Å²) in [4.78, 5) is 11.8. The lowest BCUT2D eigenvalue weighted by molar-refractivity contribution is -0.117. The van der Waals surface area contributed by atoms with Gasteiger partial charge in [-0.15, -0.1) is 0 Å². The fraction of sp³-hybridized carbons (Fsp3) is 0.417. The summed E-state index contributed by atoms with van der Waals surface area (Å²) in [5.74, 6) is 0.579. The SMILES string of the molecule is N[C@@H](CC1CC1)C(=O)Nc1ccc(Br)c(I)c1. The number of hydrogen-bond acceptors (Lipinski definition) is 2. The fourth-order valence-corrected chi connectivity index (χ4v) is 2.39. The number of halogens is 2. The highest BCUT2D eigenvalue weighted by atomic mass is 127. The number of nitrogens with one attached hydrogen (secondary N) is 1. The van der Waals surface area contributed by atoms with Gasteiger partial charge >= 0.3 is 0 Å². The molecule has 0 saturated heterocycles. The first-order valence-corrected chi connectivity index (χ1v) is 7.45. The Balaban J connectivity index is 1.94. The molecule has 1 aliphatic carbocycles. The number of rotatable bonds is 4. The molecule has 1 atom stereocenters. The quantitative estimate of drug-likeness (QED) is 0.752. The van der Waals surface area contributed by atoms with Crippen LogP contribution >= 0.6 is 38.5 Å². The molecule has 1 fully saturated rings. The largest absolute Gasteiger partial charge is 0.325 e. The van der Waals surface area contributed by atoms with E-state index in [9.17, 15) is 4.79 Å². The third-order valence-electron chi connectivity index (χ3n) is 2.81. The molecule has 0 aromatic heterocycles. The van der Waals surface area contributed by atoms with Crippen LogP contribution < -0.4 is 11.1 Å². The molecule has 17 heavy (non-hydrogen) atoms. The lowest BCUT2D eigenvalue weighted by Gasteiger charge is -2.12. The van der Waals surface area contributed by atoms with E-state index in [0.29, 0.717) is 5.92 Å². The van der Waals surface area contributed by atoms with Crippen LogP contribution in [0.3, 0.4) is 0 Å². The van der Waals surface area contributed by atoms with Gasteiger partial charge in [-0.25, -0.2) is 0 Å². The monoisotopic (exact) mass is 408 g/mol. The van der Waals surface area contributed by atoms with Crippen molar-refractivity contribution in [1.82, 2.24) is 0 Å². The molecule has 0 aliphatic heterocycles. The van der Waals surface area contributed by atoms with Gasteiger partial charge < -0.3 is 11.1 Å². The molecule has 3 nitrogen and oxygen atoms in total. The minimum Gasteiger partial charge on any atom is -0.325 e. The van der Waals surface area contributed by atoms with E-state index >= 15 is 0 Å². The van der Waals surface area contributed by atoms with Crippen LogP contribution in [0, 0.1) is 9.49 Å². The summed E-state index contributed by atoms with van der Waals surface area (Å²) < 4.78 is 2.09. The molecular weight excluding hydrogens is 395 g/mol. The van der Waals surface area contributed by atoms with Crippen LogP contribution in [0.5, 0.6) is 0 Å². The third kappa shape index (κ3) is 3.93. The van der Waals surface area contributed by atoms with Gasteiger partial charge in [0.1, 0.15) is 0 Å². The maximum absolute atomic E-state index is 11.8. The van der Waals surface area contributed by atoms with Gasteiger partial charge in [0.25, 0.3) is 0 Å². The van der Waals surface area contributed by atoms with Crippen LogP contribution in [-0.4, -0.2) is 11.9 Å². The second kappa shape index (κ2) is 5.67. The van der Waals surface area contributed by atoms with E-state index < -0.39 is 0 Å². The molecule has 3 N–H and O–H groups in total. The molecule has 1 amide bonds. The van der Waals surface area contributed by atoms with Crippen LogP contribution in [-0.2, 0) is 4.79 Å². The summed E-state index contributed by atoms with van der Waals surface area (Å²) in [7, 11) is 0. The Labute approximate surface area is 123 Å². The first kappa shape index (κ1) is 13.3. The molecule has 1 saturated carbocycles. The van der Waals surface area contributed by atoms with Crippen molar-refractivity contribution in [2.24, 2.45) is 11.7 Å². The topological polar surface area (TPSA) is 55.1 Å². The summed E-state index contributed by atoms with van der Waals surface area (Å²) in [6, 6.07) is 5.33. The van der Waals surface area contributed by atoms with Gasteiger partial charge in [0.15, 0.2) is 0 Å². The smallest absolute Gasteiger partial charge is 0.241 e. The predicted molar refractivity (Wildman–Crippen MR) is 80.8 cm³/mol. The molecule has 92 valence electrons. The van der Waals surface area contributed by atoms with E-state index in [1.807, 2.05) is 18.2 Å². The molecule has 5 heteroatoms. The predicted octanol–water partition coefficient (Wildman–Crippen LogP) is 3.12. The lowest BCUT2D eigenvalue weighted by atomic mass is 10.1. The van der Waals surface area contributed by atoms with Crippen LogP contribution in [0.25, 0.3) is 0 Å². The maximum atomic E-state index is 11.8. The zero-order valence-corrected chi connectivity index (χ0v) is 13.0. The highest BCUT2D eigenvalue weighted by Gasteiger charge is 2.26. The average Bonchev–Trinajstić information content (AvgIpc) is 3.07. The highest BCUT2D eigenvalue weighted by molar-refractivity contribution is 14.1. The maximum Gasteiger partial charge on any atom is 0.241 e. The Morgan fingerprint density at radius 3 is 2.88 bits per heavy atom. The van der Waals surface area contributed by atoms with E-state index in [4.69, 9.17) is 5.73 Å². The molecule has 1 aromatic carbocycles. The first-order valence-electron chi connectivity index (χ1n) is 5.58. The van der Waals surface area contributed by atoms with Gasteiger partial charge in [-0.1, -0.05) is 12.8 Å².